The summed E-state index contributed by atoms with van der Waals surface area (Å²) in [5.41, 5.74) is 6.75. The molecule has 5 nitrogen and oxygen atoms in total. The Morgan fingerprint density at radius 2 is 2.38 bits per heavy atom. The van der Waals surface area contributed by atoms with Crippen LogP contribution in [0.2, 0.25) is 0 Å². The van der Waals surface area contributed by atoms with Gasteiger partial charge in [-0.2, -0.15) is 5.26 Å². The molecule has 0 radical (unpaired) electrons. The van der Waals surface area contributed by atoms with Gasteiger partial charge in [0.15, 0.2) is 0 Å². The minimum absolute atomic E-state index is 0.0486. The maximum Gasteiger partial charge on any atom is 0.228 e. The summed E-state index contributed by atoms with van der Waals surface area (Å²) in [6, 6.07) is 5.44. The van der Waals surface area contributed by atoms with E-state index in [0.717, 1.165) is 0 Å². The number of nitrogen functional groups attached to an aromatic ring is 1. The van der Waals surface area contributed by atoms with Crippen molar-refractivity contribution in [1.29, 1.82) is 5.26 Å². The summed E-state index contributed by atoms with van der Waals surface area (Å²) in [7, 11) is 1.68. The Bertz CT molecular complexity index is 393. The molecule has 0 spiro atoms. The van der Waals surface area contributed by atoms with Crippen LogP contribution in [0.5, 0.6) is 0 Å². The third-order valence-electron chi connectivity index (χ3n) is 2.16. The Labute approximate surface area is 94.5 Å². The van der Waals surface area contributed by atoms with Gasteiger partial charge in [0.1, 0.15) is 0 Å². The van der Waals surface area contributed by atoms with Gasteiger partial charge >= 0.3 is 0 Å². The molecule has 0 saturated heterocycles. The van der Waals surface area contributed by atoms with Crippen molar-refractivity contribution in [3.8, 4) is 6.07 Å². The highest BCUT2D eigenvalue weighted by molar-refractivity contribution is 5.78. The molecular weight excluding hydrogens is 204 g/mol. The minimum Gasteiger partial charge on any atom is -0.397 e. The van der Waals surface area contributed by atoms with Gasteiger partial charge < -0.3 is 10.6 Å². The van der Waals surface area contributed by atoms with Crippen LogP contribution in [-0.2, 0) is 11.2 Å². The summed E-state index contributed by atoms with van der Waals surface area (Å²) in [6.07, 6.45) is 2.11. The highest BCUT2D eigenvalue weighted by atomic mass is 16.2. The van der Waals surface area contributed by atoms with Gasteiger partial charge in [0.05, 0.1) is 30.8 Å². The third kappa shape index (κ3) is 3.58. The average molecular weight is 218 g/mol. The molecule has 0 bridgehead atoms. The first kappa shape index (κ1) is 12.0. The largest absolute Gasteiger partial charge is 0.397 e. The quantitative estimate of drug-likeness (QED) is 0.801. The number of nitrogens with zero attached hydrogens (tertiary/aromatic N) is 3. The van der Waals surface area contributed by atoms with Crippen molar-refractivity contribution in [3.63, 3.8) is 0 Å². The highest BCUT2D eigenvalue weighted by Crippen LogP contribution is 2.03. The van der Waals surface area contributed by atoms with E-state index in [4.69, 9.17) is 11.0 Å². The van der Waals surface area contributed by atoms with Crippen LogP contribution >= 0.6 is 0 Å². The lowest BCUT2D eigenvalue weighted by molar-refractivity contribution is -0.129. The number of rotatable bonds is 4. The molecule has 0 aliphatic heterocycles. The zero-order chi connectivity index (χ0) is 12.0. The van der Waals surface area contributed by atoms with Gasteiger partial charge in [0.2, 0.25) is 5.91 Å². The summed E-state index contributed by atoms with van der Waals surface area (Å²) in [5.74, 6) is -0.0486. The van der Waals surface area contributed by atoms with Crippen LogP contribution in [0.15, 0.2) is 18.3 Å². The summed E-state index contributed by atoms with van der Waals surface area (Å²) >= 11 is 0. The lowest BCUT2D eigenvalue weighted by Crippen LogP contribution is -2.29. The smallest absolute Gasteiger partial charge is 0.228 e. The predicted octanol–water partition coefficient (Wildman–Crippen LogP) is 0.578. The number of amides is 1. The molecule has 0 saturated carbocycles. The van der Waals surface area contributed by atoms with E-state index >= 15 is 0 Å². The van der Waals surface area contributed by atoms with E-state index in [9.17, 15) is 4.79 Å². The molecule has 16 heavy (non-hydrogen) atoms. The average Bonchev–Trinajstić information content (AvgIpc) is 2.29. The Kier molecular flexibility index (Phi) is 4.28. The van der Waals surface area contributed by atoms with Gasteiger partial charge in [0, 0.05) is 19.3 Å². The fraction of sp³-hybridized carbons (Fsp3) is 0.364. The van der Waals surface area contributed by atoms with Crippen molar-refractivity contribution >= 4 is 11.6 Å². The summed E-state index contributed by atoms with van der Waals surface area (Å²) in [6.45, 7) is 0.449. The maximum absolute atomic E-state index is 11.6. The predicted molar refractivity (Wildman–Crippen MR) is 60.2 cm³/mol. The number of carbonyl (C=O) groups is 1. The van der Waals surface area contributed by atoms with E-state index in [1.165, 1.54) is 11.1 Å². The van der Waals surface area contributed by atoms with E-state index < -0.39 is 0 Å². The monoisotopic (exact) mass is 218 g/mol. The first-order chi connectivity index (χ1) is 7.63. The first-order valence-electron chi connectivity index (χ1n) is 4.95. The van der Waals surface area contributed by atoms with Gasteiger partial charge in [0.25, 0.3) is 0 Å². The minimum atomic E-state index is -0.0486. The molecular formula is C11H14N4O. The normalized spacial score (nSPS) is 9.50. The van der Waals surface area contributed by atoms with Crippen LogP contribution in [-0.4, -0.2) is 29.4 Å². The van der Waals surface area contributed by atoms with Crippen molar-refractivity contribution in [2.24, 2.45) is 0 Å². The number of aromatic nitrogens is 1. The molecule has 0 fully saturated rings. The molecule has 2 N–H and O–H groups in total. The first-order valence-corrected chi connectivity index (χ1v) is 4.95. The van der Waals surface area contributed by atoms with Gasteiger partial charge in [-0.1, -0.05) is 0 Å². The van der Waals surface area contributed by atoms with Crippen LogP contribution in [0.3, 0.4) is 0 Å². The Morgan fingerprint density at radius 3 is 2.94 bits per heavy atom. The number of nitriles is 1. The summed E-state index contributed by atoms with van der Waals surface area (Å²) in [5, 5.41) is 8.40. The molecule has 0 atom stereocenters. The van der Waals surface area contributed by atoms with Crippen LogP contribution in [0.4, 0.5) is 5.69 Å². The number of anilines is 1. The van der Waals surface area contributed by atoms with Gasteiger partial charge in [-0.05, 0) is 12.1 Å². The Balaban J connectivity index is 2.51. The molecule has 0 aliphatic carbocycles. The zero-order valence-corrected chi connectivity index (χ0v) is 9.18. The second-order valence-electron chi connectivity index (χ2n) is 3.48. The van der Waals surface area contributed by atoms with E-state index in [-0.39, 0.29) is 12.3 Å². The van der Waals surface area contributed by atoms with Crippen molar-refractivity contribution < 1.29 is 4.79 Å². The Hall–Kier alpha value is -2.09. The lowest BCUT2D eigenvalue weighted by Gasteiger charge is -2.14. The van der Waals surface area contributed by atoms with Crippen LogP contribution < -0.4 is 5.73 Å². The third-order valence-corrected chi connectivity index (χ3v) is 2.16. The van der Waals surface area contributed by atoms with E-state index in [2.05, 4.69) is 4.98 Å². The summed E-state index contributed by atoms with van der Waals surface area (Å²) in [4.78, 5) is 17.2. The maximum atomic E-state index is 11.6. The molecule has 0 unspecified atom stereocenters. The van der Waals surface area contributed by atoms with Gasteiger partial charge in [-0.3, -0.25) is 9.78 Å². The van der Waals surface area contributed by atoms with Crippen molar-refractivity contribution in [2.45, 2.75) is 12.8 Å². The SMILES string of the molecule is CN(CCC#N)C(=O)Cc1ccc(N)cn1. The zero-order valence-electron chi connectivity index (χ0n) is 9.18. The highest BCUT2D eigenvalue weighted by Gasteiger charge is 2.09. The van der Waals surface area contributed by atoms with Gasteiger partial charge in [-0.25, -0.2) is 0 Å². The molecule has 0 aliphatic rings. The number of hydrogen-bond acceptors (Lipinski definition) is 4. The molecule has 0 aromatic carbocycles. The number of hydrogen-bond donors (Lipinski definition) is 1. The van der Waals surface area contributed by atoms with E-state index in [0.29, 0.717) is 24.3 Å². The van der Waals surface area contributed by atoms with Crippen LogP contribution in [0.1, 0.15) is 12.1 Å². The second-order valence-corrected chi connectivity index (χ2v) is 3.48. The van der Waals surface area contributed by atoms with Crippen molar-refractivity contribution in [1.82, 2.24) is 9.88 Å². The molecule has 1 aromatic rings. The number of carbonyl (C=O) groups excluding carboxylic acids is 1. The topological polar surface area (TPSA) is 83.0 Å². The van der Waals surface area contributed by atoms with Crippen molar-refractivity contribution in [3.05, 3.63) is 24.0 Å². The van der Waals surface area contributed by atoms with Gasteiger partial charge in [-0.15, -0.1) is 0 Å². The van der Waals surface area contributed by atoms with Crippen molar-refractivity contribution in [2.75, 3.05) is 19.3 Å². The molecule has 1 heterocycles. The van der Waals surface area contributed by atoms with Crippen LogP contribution in [0, 0.1) is 11.3 Å². The number of pyridine rings is 1. The second kappa shape index (κ2) is 5.71. The van der Waals surface area contributed by atoms with E-state index in [1.807, 2.05) is 6.07 Å². The molecule has 1 amide bonds. The number of likely N-dealkylation sites (N-methyl/N-ethyl adjacent to an activating group) is 1. The molecule has 5 heteroatoms. The van der Waals surface area contributed by atoms with Crippen LogP contribution in [0.25, 0.3) is 0 Å². The summed E-state index contributed by atoms with van der Waals surface area (Å²) < 4.78 is 0. The number of nitrogens with two attached hydrogens (primary N) is 1. The molecule has 1 rings (SSSR count). The molecule has 84 valence electrons. The van der Waals surface area contributed by atoms with E-state index in [1.54, 1.807) is 19.2 Å². The molecule has 1 aromatic heterocycles. The fourth-order valence-electron chi connectivity index (χ4n) is 1.17. The standard InChI is InChI=1S/C11H14N4O/c1-15(6-2-5-12)11(16)7-10-4-3-9(13)8-14-10/h3-4,8H,2,6-7,13H2,1H3. The lowest BCUT2D eigenvalue weighted by atomic mass is 10.2. The Morgan fingerprint density at radius 1 is 1.62 bits per heavy atom. The fourth-order valence-corrected chi connectivity index (χ4v) is 1.17.